The molecule has 3 aromatic rings. The van der Waals surface area contributed by atoms with Crippen LogP contribution in [-0.2, 0) is 21.2 Å². The van der Waals surface area contributed by atoms with Gasteiger partial charge in [-0.05, 0) is 48.4 Å². The summed E-state index contributed by atoms with van der Waals surface area (Å²) >= 11 is 9.36. The van der Waals surface area contributed by atoms with E-state index in [0.717, 1.165) is 10.0 Å². The SMILES string of the molecule is COc1ccc(Cl)cc1S(=O)(=O)N[C@H](Cc1ccccc1)C(=O)Nc1cccc(Br)c1. The van der Waals surface area contributed by atoms with Gasteiger partial charge in [0.05, 0.1) is 7.11 Å². The number of anilines is 1. The van der Waals surface area contributed by atoms with Crippen molar-refractivity contribution < 1.29 is 17.9 Å². The summed E-state index contributed by atoms with van der Waals surface area (Å²) in [5.74, 6) is -0.366. The van der Waals surface area contributed by atoms with Gasteiger partial charge >= 0.3 is 0 Å². The highest BCUT2D eigenvalue weighted by molar-refractivity contribution is 9.10. The highest BCUT2D eigenvalue weighted by Gasteiger charge is 2.28. The quantitative estimate of drug-likeness (QED) is 0.451. The molecule has 0 aromatic heterocycles. The Labute approximate surface area is 194 Å². The first-order chi connectivity index (χ1) is 14.8. The van der Waals surface area contributed by atoms with Crippen molar-refractivity contribution in [2.45, 2.75) is 17.4 Å². The van der Waals surface area contributed by atoms with Crippen molar-refractivity contribution in [3.63, 3.8) is 0 Å². The van der Waals surface area contributed by atoms with Crippen LogP contribution in [0.5, 0.6) is 5.75 Å². The van der Waals surface area contributed by atoms with Crippen LogP contribution in [0.2, 0.25) is 5.02 Å². The Hall–Kier alpha value is -2.39. The highest BCUT2D eigenvalue weighted by Crippen LogP contribution is 2.27. The summed E-state index contributed by atoms with van der Waals surface area (Å²) in [6.45, 7) is 0. The Morgan fingerprint density at radius 3 is 2.48 bits per heavy atom. The Kier molecular flexibility index (Phi) is 7.72. The predicted octanol–water partition coefficient (Wildman–Crippen LogP) is 4.64. The molecule has 2 N–H and O–H groups in total. The lowest BCUT2D eigenvalue weighted by molar-refractivity contribution is -0.117. The first-order valence-corrected chi connectivity index (χ1v) is 11.9. The molecule has 0 bridgehead atoms. The number of methoxy groups -OCH3 is 1. The smallest absolute Gasteiger partial charge is 0.245 e. The van der Waals surface area contributed by atoms with E-state index in [9.17, 15) is 13.2 Å². The number of hydrogen-bond acceptors (Lipinski definition) is 4. The Morgan fingerprint density at radius 1 is 1.06 bits per heavy atom. The molecule has 0 spiro atoms. The van der Waals surface area contributed by atoms with E-state index in [-0.39, 0.29) is 22.1 Å². The Bertz CT molecular complexity index is 1170. The molecule has 0 saturated carbocycles. The number of ether oxygens (including phenoxy) is 1. The monoisotopic (exact) mass is 522 g/mol. The summed E-state index contributed by atoms with van der Waals surface area (Å²) in [6.07, 6.45) is 0.156. The molecule has 1 atom stereocenters. The summed E-state index contributed by atoms with van der Waals surface area (Å²) < 4.78 is 34.7. The molecule has 9 heteroatoms. The van der Waals surface area contributed by atoms with E-state index in [1.165, 1.54) is 25.3 Å². The van der Waals surface area contributed by atoms with Crippen LogP contribution in [0, 0.1) is 0 Å². The van der Waals surface area contributed by atoms with Gasteiger partial charge in [0.1, 0.15) is 16.7 Å². The number of carbonyl (C=O) groups is 1. The molecule has 0 aliphatic carbocycles. The van der Waals surface area contributed by atoms with Gasteiger partial charge < -0.3 is 10.1 Å². The van der Waals surface area contributed by atoms with Gasteiger partial charge in [-0.1, -0.05) is 63.9 Å². The van der Waals surface area contributed by atoms with Gasteiger partial charge in [0.15, 0.2) is 0 Å². The normalized spacial score (nSPS) is 12.2. The average molecular weight is 524 g/mol. The van der Waals surface area contributed by atoms with E-state index < -0.39 is 22.0 Å². The molecule has 3 rings (SSSR count). The maximum Gasteiger partial charge on any atom is 0.245 e. The third-order valence-electron chi connectivity index (χ3n) is 4.40. The number of amides is 1. The Balaban J connectivity index is 1.92. The van der Waals surface area contributed by atoms with E-state index in [0.29, 0.717) is 5.69 Å². The molecule has 6 nitrogen and oxygen atoms in total. The molecule has 0 aliphatic rings. The van der Waals surface area contributed by atoms with Gasteiger partial charge in [0, 0.05) is 15.2 Å². The summed E-state index contributed by atoms with van der Waals surface area (Å²) in [5.41, 5.74) is 1.34. The zero-order valence-electron chi connectivity index (χ0n) is 16.5. The second kappa shape index (κ2) is 10.3. The van der Waals surface area contributed by atoms with Crippen molar-refractivity contribution in [3.8, 4) is 5.75 Å². The molecule has 162 valence electrons. The fourth-order valence-electron chi connectivity index (χ4n) is 2.94. The lowest BCUT2D eigenvalue weighted by atomic mass is 10.1. The predicted molar refractivity (Wildman–Crippen MR) is 125 cm³/mol. The second-order valence-corrected chi connectivity index (χ2v) is 9.69. The van der Waals surface area contributed by atoms with Crippen LogP contribution < -0.4 is 14.8 Å². The van der Waals surface area contributed by atoms with Crippen molar-refractivity contribution in [1.29, 1.82) is 0 Å². The molecule has 0 fully saturated rings. The van der Waals surface area contributed by atoms with Crippen LogP contribution in [0.3, 0.4) is 0 Å². The van der Waals surface area contributed by atoms with E-state index in [4.69, 9.17) is 16.3 Å². The summed E-state index contributed by atoms with van der Waals surface area (Å²) in [6, 6.07) is 19.4. The first-order valence-electron chi connectivity index (χ1n) is 9.25. The maximum atomic E-state index is 13.1. The number of rotatable bonds is 8. The third-order valence-corrected chi connectivity index (χ3v) is 6.63. The van der Waals surface area contributed by atoms with Crippen molar-refractivity contribution in [1.82, 2.24) is 4.72 Å². The van der Waals surface area contributed by atoms with Crippen molar-refractivity contribution in [2.75, 3.05) is 12.4 Å². The lowest BCUT2D eigenvalue weighted by Crippen LogP contribution is -2.45. The van der Waals surface area contributed by atoms with Gasteiger partial charge in [0.2, 0.25) is 15.9 Å². The van der Waals surface area contributed by atoms with E-state index >= 15 is 0 Å². The van der Waals surface area contributed by atoms with Gasteiger partial charge in [-0.15, -0.1) is 0 Å². The minimum absolute atomic E-state index is 0.128. The molecule has 31 heavy (non-hydrogen) atoms. The zero-order chi connectivity index (χ0) is 22.4. The summed E-state index contributed by atoms with van der Waals surface area (Å²) in [5, 5.41) is 3.00. The molecular formula is C22H20BrClN2O4S. The lowest BCUT2D eigenvalue weighted by Gasteiger charge is -2.20. The molecule has 0 saturated heterocycles. The zero-order valence-corrected chi connectivity index (χ0v) is 19.7. The van der Waals surface area contributed by atoms with Gasteiger partial charge in [-0.2, -0.15) is 4.72 Å². The summed E-state index contributed by atoms with van der Waals surface area (Å²) in [7, 11) is -2.76. The number of halogens is 2. The van der Waals surface area contributed by atoms with Crippen LogP contribution in [0.25, 0.3) is 0 Å². The molecular weight excluding hydrogens is 504 g/mol. The van der Waals surface area contributed by atoms with Gasteiger partial charge in [-0.25, -0.2) is 8.42 Å². The molecule has 0 unspecified atom stereocenters. The number of carbonyl (C=O) groups excluding carboxylic acids is 1. The van der Waals surface area contributed by atoms with E-state index in [1.54, 1.807) is 18.2 Å². The van der Waals surface area contributed by atoms with E-state index in [1.807, 2.05) is 36.4 Å². The minimum Gasteiger partial charge on any atom is -0.495 e. The minimum atomic E-state index is -4.12. The largest absolute Gasteiger partial charge is 0.495 e. The second-order valence-electron chi connectivity index (χ2n) is 6.66. The van der Waals surface area contributed by atoms with Crippen LogP contribution >= 0.6 is 27.5 Å². The van der Waals surface area contributed by atoms with Gasteiger partial charge in [0.25, 0.3) is 0 Å². The van der Waals surface area contributed by atoms with Gasteiger partial charge in [-0.3, -0.25) is 4.79 Å². The average Bonchev–Trinajstić information content (AvgIpc) is 2.74. The van der Waals surface area contributed by atoms with Crippen LogP contribution in [0.4, 0.5) is 5.69 Å². The molecule has 0 aliphatic heterocycles. The first kappa shape index (κ1) is 23.3. The number of nitrogens with one attached hydrogen (secondary N) is 2. The van der Waals surface area contributed by atoms with Crippen molar-refractivity contribution in [3.05, 3.63) is 87.9 Å². The number of benzene rings is 3. The van der Waals surface area contributed by atoms with Crippen molar-refractivity contribution in [2.24, 2.45) is 0 Å². The van der Waals surface area contributed by atoms with Crippen LogP contribution in [0.1, 0.15) is 5.56 Å². The van der Waals surface area contributed by atoms with Crippen LogP contribution in [0.15, 0.2) is 82.2 Å². The molecule has 1 amide bonds. The molecule has 0 radical (unpaired) electrons. The Morgan fingerprint density at radius 2 is 1.81 bits per heavy atom. The molecule has 3 aromatic carbocycles. The van der Waals surface area contributed by atoms with Crippen molar-refractivity contribution >= 4 is 49.1 Å². The fraction of sp³-hybridized carbons (Fsp3) is 0.136. The van der Waals surface area contributed by atoms with Crippen LogP contribution in [-0.4, -0.2) is 27.5 Å². The fourth-order valence-corrected chi connectivity index (χ4v) is 4.97. The van der Waals surface area contributed by atoms with E-state index in [2.05, 4.69) is 26.0 Å². The standard InChI is InChI=1S/C22H20BrClN2O4S/c1-30-20-11-10-17(24)14-21(20)31(28,29)26-19(12-15-6-3-2-4-7-15)22(27)25-18-9-5-8-16(23)13-18/h2-11,13-14,19,26H,12H2,1H3,(H,25,27)/t19-/m1/s1. The maximum absolute atomic E-state index is 13.1. The highest BCUT2D eigenvalue weighted by atomic mass is 79.9. The summed E-state index contributed by atoms with van der Waals surface area (Å²) in [4.78, 5) is 12.9. The molecule has 0 heterocycles. The topological polar surface area (TPSA) is 84.5 Å². The number of hydrogen-bond donors (Lipinski definition) is 2. The number of sulfonamides is 1. The third kappa shape index (κ3) is 6.30.